The fourth-order valence-corrected chi connectivity index (χ4v) is 4.12. The molecule has 0 N–H and O–H groups in total. The molecule has 0 aromatic heterocycles. The first-order chi connectivity index (χ1) is 19.4. The third kappa shape index (κ3) is 7.34. The molecule has 0 bridgehead atoms. The van der Waals surface area contributed by atoms with E-state index in [0.717, 1.165) is 58.9 Å². The Kier molecular flexibility index (Phi) is 9.28. The highest BCUT2D eigenvalue weighted by Crippen LogP contribution is 2.31. The summed E-state index contributed by atoms with van der Waals surface area (Å²) in [7, 11) is 4.13. The lowest BCUT2D eigenvalue weighted by Gasteiger charge is -2.27. The molecule has 0 spiro atoms. The van der Waals surface area contributed by atoms with E-state index in [4.69, 9.17) is 9.47 Å². The largest absolute Gasteiger partial charge is 0.423 e. The van der Waals surface area contributed by atoms with Crippen molar-refractivity contribution in [3.63, 3.8) is 0 Å². The zero-order valence-corrected chi connectivity index (χ0v) is 22.7. The van der Waals surface area contributed by atoms with Crippen LogP contribution in [-0.4, -0.2) is 44.0 Å². The van der Waals surface area contributed by atoms with Crippen LogP contribution >= 0.6 is 0 Å². The van der Waals surface area contributed by atoms with Gasteiger partial charge < -0.3 is 19.3 Å². The number of ether oxygens (including phenoxy) is 2. The molecule has 0 heterocycles. The maximum Gasteiger partial charge on any atom is 0.335 e. The number of anilines is 2. The van der Waals surface area contributed by atoms with Crippen molar-refractivity contribution in [2.45, 2.75) is 0 Å². The third-order valence-electron chi connectivity index (χ3n) is 6.27. The molecule has 0 saturated heterocycles. The van der Waals surface area contributed by atoms with E-state index in [9.17, 15) is 9.59 Å². The lowest BCUT2D eigenvalue weighted by atomic mass is 10.0. The Labute approximate surface area is 235 Å². The molecule has 0 amide bonds. The highest BCUT2D eigenvalue weighted by atomic mass is 16.5. The van der Waals surface area contributed by atoms with Gasteiger partial charge in [0.25, 0.3) is 0 Å². The van der Waals surface area contributed by atoms with Crippen LogP contribution in [0.2, 0.25) is 0 Å². The first-order valence-electron chi connectivity index (χ1n) is 12.9. The quantitative estimate of drug-likeness (QED) is 0.119. The molecule has 40 heavy (non-hydrogen) atoms. The second-order valence-corrected chi connectivity index (χ2v) is 9.35. The lowest BCUT2D eigenvalue weighted by Crippen LogP contribution is -2.28. The summed E-state index contributed by atoms with van der Waals surface area (Å²) in [4.78, 5) is 27.3. The summed E-state index contributed by atoms with van der Waals surface area (Å²) in [6.07, 6.45) is 2.29. The molecule has 6 heteroatoms. The fourth-order valence-electron chi connectivity index (χ4n) is 4.12. The van der Waals surface area contributed by atoms with Crippen LogP contribution in [0.1, 0.15) is 0 Å². The van der Waals surface area contributed by atoms with Crippen LogP contribution in [0.15, 0.2) is 122 Å². The second kappa shape index (κ2) is 13.2. The van der Waals surface area contributed by atoms with E-state index in [1.54, 1.807) is 24.3 Å². The zero-order valence-electron chi connectivity index (χ0n) is 22.7. The Morgan fingerprint density at radius 2 is 0.900 bits per heavy atom. The minimum atomic E-state index is -0.479. The molecule has 0 radical (unpaired) electrons. The van der Waals surface area contributed by atoms with Crippen LogP contribution in [0.3, 0.4) is 0 Å². The van der Waals surface area contributed by atoms with Crippen LogP contribution in [0.25, 0.3) is 22.3 Å². The number of likely N-dealkylation sites (N-methyl/N-ethyl adjacent to an activating group) is 1. The molecule has 0 atom stereocenters. The van der Waals surface area contributed by atoms with Crippen molar-refractivity contribution in [1.82, 2.24) is 4.90 Å². The van der Waals surface area contributed by atoms with Gasteiger partial charge in [-0.1, -0.05) is 61.7 Å². The molecule has 4 rings (SSSR count). The van der Waals surface area contributed by atoms with Crippen LogP contribution < -0.4 is 14.4 Å². The Bertz CT molecular complexity index is 1350. The standard InChI is InChI=1S/C34H32N2O4/c1-5-33(37)39-31-19-11-27(12-20-31)25-7-15-29(16-8-25)36(24-23-35(3)4)30-17-9-26(10-18-30)28-13-21-32(22-14-28)40-34(38)6-2/h5-22H,1-2,23-24H2,3-4H3. The monoisotopic (exact) mass is 532 g/mol. The number of hydrogen-bond acceptors (Lipinski definition) is 6. The average molecular weight is 533 g/mol. The molecule has 0 saturated carbocycles. The van der Waals surface area contributed by atoms with E-state index in [-0.39, 0.29) is 0 Å². The van der Waals surface area contributed by atoms with Gasteiger partial charge in [-0.05, 0) is 84.9 Å². The summed E-state index contributed by atoms with van der Waals surface area (Å²) in [5.41, 5.74) is 6.36. The molecular formula is C34H32N2O4. The highest BCUT2D eigenvalue weighted by Gasteiger charge is 2.12. The van der Waals surface area contributed by atoms with Gasteiger partial charge in [0.05, 0.1) is 0 Å². The SMILES string of the molecule is C=CC(=O)Oc1ccc(-c2ccc(N(CCN(C)C)c3ccc(-c4ccc(OC(=O)C=C)cc4)cc3)cc2)cc1. The minimum absolute atomic E-state index is 0.479. The third-order valence-corrected chi connectivity index (χ3v) is 6.27. The van der Waals surface area contributed by atoms with Crippen molar-refractivity contribution in [2.75, 3.05) is 32.1 Å². The van der Waals surface area contributed by atoms with Crippen molar-refractivity contribution in [3.8, 4) is 33.8 Å². The van der Waals surface area contributed by atoms with Gasteiger partial charge in [0.15, 0.2) is 0 Å². The highest BCUT2D eigenvalue weighted by molar-refractivity contribution is 5.84. The number of carbonyl (C=O) groups is 2. The van der Waals surface area contributed by atoms with Gasteiger partial charge in [0.1, 0.15) is 11.5 Å². The van der Waals surface area contributed by atoms with E-state index < -0.39 is 11.9 Å². The van der Waals surface area contributed by atoms with Crippen molar-refractivity contribution >= 4 is 23.3 Å². The van der Waals surface area contributed by atoms with Gasteiger partial charge in [-0.25, -0.2) is 9.59 Å². The van der Waals surface area contributed by atoms with E-state index >= 15 is 0 Å². The number of carbonyl (C=O) groups excluding carboxylic acids is 2. The second-order valence-electron chi connectivity index (χ2n) is 9.35. The smallest absolute Gasteiger partial charge is 0.335 e. The molecule has 4 aromatic carbocycles. The Morgan fingerprint density at radius 3 is 1.20 bits per heavy atom. The zero-order chi connectivity index (χ0) is 28.5. The van der Waals surface area contributed by atoms with E-state index in [0.29, 0.717) is 11.5 Å². The molecular weight excluding hydrogens is 500 g/mol. The normalized spacial score (nSPS) is 10.6. The minimum Gasteiger partial charge on any atom is -0.423 e. The van der Waals surface area contributed by atoms with E-state index in [1.807, 2.05) is 24.3 Å². The van der Waals surface area contributed by atoms with Gasteiger partial charge in [-0.15, -0.1) is 0 Å². The molecule has 0 fully saturated rings. The molecule has 0 aliphatic rings. The van der Waals surface area contributed by atoms with Gasteiger partial charge in [0.2, 0.25) is 0 Å². The van der Waals surface area contributed by atoms with Gasteiger partial charge in [-0.3, -0.25) is 0 Å². The molecule has 202 valence electrons. The maximum atomic E-state index is 11.4. The van der Waals surface area contributed by atoms with Crippen molar-refractivity contribution in [1.29, 1.82) is 0 Å². The molecule has 6 nitrogen and oxygen atoms in total. The maximum absolute atomic E-state index is 11.4. The Hall–Kier alpha value is -4.94. The summed E-state index contributed by atoms with van der Waals surface area (Å²) in [5.74, 6) is 0.00565. The summed E-state index contributed by atoms with van der Waals surface area (Å²) in [6.45, 7) is 8.55. The first-order valence-corrected chi connectivity index (χ1v) is 12.9. The van der Waals surface area contributed by atoms with Crippen LogP contribution in [0, 0.1) is 0 Å². The average Bonchev–Trinajstić information content (AvgIpc) is 2.98. The molecule has 0 aliphatic heterocycles. The Morgan fingerprint density at radius 1 is 0.575 bits per heavy atom. The number of esters is 2. The van der Waals surface area contributed by atoms with Crippen LogP contribution in [-0.2, 0) is 9.59 Å². The van der Waals surface area contributed by atoms with Crippen LogP contribution in [0.5, 0.6) is 11.5 Å². The van der Waals surface area contributed by atoms with Crippen LogP contribution in [0.4, 0.5) is 11.4 Å². The fraction of sp³-hybridized carbons (Fsp3) is 0.118. The number of nitrogens with zero attached hydrogens (tertiary/aromatic N) is 2. The van der Waals surface area contributed by atoms with Gasteiger partial charge >= 0.3 is 11.9 Å². The van der Waals surface area contributed by atoms with Crippen molar-refractivity contribution in [2.24, 2.45) is 0 Å². The molecule has 0 unspecified atom stereocenters. The number of hydrogen-bond donors (Lipinski definition) is 0. The lowest BCUT2D eigenvalue weighted by molar-refractivity contribution is -0.129. The first kappa shape index (κ1) is 28.1. The summed E-state index contributed by atoms with van der Waals surface area (Å²) < 4.78 is 10.3. The number of rotatable bonds is 11. The predicted octanol–water partition coefficient (Wildman–Crippen LogP) is 6.90. The topological polar surface area (TPSA) is 59.1 Å². The van der Waals surface area contributed by atoms with Crippen molar-refractivity contribution in [3.05, 3.63) is 122 Å². The summed E-state index contributed by atoms with van der Waals surface area (Å²) in [5, 5.41) is 0. The summed E-state index contributed by atoms with van der Waals surface area (Å²) in [6, 6.07) is 31.7. The summed E-state index contributed by atoms with van der Waals surface area (Å²) >= 11 is 0. The molecule has 0 aliphatic carbocycles. The van der Waals surface area contributed by atoms with Gasteiger partial charge in [-0.2, -0.15) is 0 Å². The predicted molar refractivity (Wildman–Crippen MR) is 161 cm³/mol. The molecule has 4 aromatic rings. The number of benzene rings is 4. The van der Waals surface area contributed by atoms with Crippen molar-refractivity contribution < 1.29 is 19.1 Å². The van der Waals surface area contributed by atoms with E-state index in [1.165, 1.54) is 0 Å². The van der Waals surface area contributed by atoms with Gasteiger partial charge in [0, 0.05) is 36.6 Å². The van der Waals surface area contributed by atoms with E-state index in [2.05, 4.69) is 85.6 Å². The Balaban J connectivity index is 1.52.